The summed E-state index contributed by atoms with van der Waals surface area (Å²) in [4.78, 5) is 1.91. The fourth-order valence-electron chi connectivity index (χ4n) is 1.69. The number of likely N-dealkylation sites (N-methyl/N-ethyl adjacent to an activating group) is 1. The highest BCUT2D eigenvalue weighted by Gasteiger charge is 2.07. The standard InChI is InChI=1S/C14H15N3O2/c1-2-17(5-6-18)13-4-3-12(14(19)8-13)7-11(9-15)10-16/h3-4,7-8,18-19H,2,5-6H2,1H3. The zero-order valence-corrected chi connectivity index (χ0v) is 10.7. The quantitative estimate of drug-likeness (QED) is 0.782. The average Bonchev–Trinajstić information content (AvgIpc) is 2.43. The Labute approximate surface area is 112 Å². The van der Waals surface area contributed by atoms with Crippen molar-refractivity contribution < 1.29 is 10.2 Å². The second-order valence-electron chi connectivity index (χ2n) is 3.83. The van der Waals surface area contributed by atoms with Gasteiger partial charge in [0.1, 0.15) is 23.5 Å². The normalized spacial score (nSPS) is 9.26. The third-order valence-corrected chi connectivity index (χ3v) is 2.67. The van der Waals surface area contributed by atoms with Crippen LogP contribution in [0.1, 0.15) is 12.5 Å². The van der Waals surface area contributed by atoms with E-state index in [-0.39, 0.29) is 17.9 Å². The van der Waals surface area contributed by atoms with E-state index in [9.17, 15) is 5.11 Å². The Kier molecular flexibility index (Phi) is 5.40. The van der Waals surface area contributed by atoms with Crippen molar-refractivity contribution in [2.75, 3.05) is 24.6 Å². The van der Waals surface area contributed by atoms with Gasteiger partial charge in [0.05, 0.1) is 6.61 Å². The lowest BCUT2D eigenvalue weighted by Gasteiger charge is -2.22. The third-order valence-electron chi connectivity index (χ3n) is 2.67. The summed E-state index contributed by atoms with van der Waals surface area (Å²) in [6, 6.07) is 8.45. The lowest BCUT2D eigenvalue weighted by Crippen LogP contribution is -2.25. The Morgan fingerprint density at radius 3 is 2.53 bits per heavy atom. The Morgan fingerprint density at radius 1 is 1.37 bits per heavy atom. The summed E-state index contributed by atoms with van der Waals surface area (Å²) in [5, 5.41) is 36.2. The van der Waals surface area contributed by atoms with Gasteiger partial charge in [-0.25, -0.2) is 0 Å². The molecule has 0 heterocycles. The zero-order valence-electron chi connectivity index (χ0n) is 10.7. The second-order valence-corrected chi connectivity index (χ2v) is 3.83. The number of benzene rings is 1. The van der Waals surface area contributed by atoms with Crippen LogP contribution in [0, 0.1) is 22.7 Å². The van der Waals surface area contributed by atoms with E-state index >= 15 is 0 Å². The van der Waals surface area contributed by atoms with Crippen molar-refractivity contribution >= 4 is 11.8 Å². The highest BCUT2D eigenvalue weighted by Crippen LogP contribution is 2.26. The first-order valence-electron chi connectivity index (χ1n) is 5.87. The monoisotopic (exact) mass is 257 g/mol. The highest BCUT2D eigenvalue weighted by atomic mass is 16.3. The van der Waals surface area contributed by atoms with Crippen LogP contribution >= 0.6 is 0 Å². The van der Waals surface area contributed by atoms with E-state index in [4.69, 9.17) is 15.6 Å². The Morgan fingerprint density at radius 2 is 2.05 bits per heavy atom. The van der Waals surface area contributed by atoms with Crippen molar-refractivity contribution in [1.29, 1.82) is 10.5 Å². The maximum absolute atomic E-state index is 9.89. The van der Waals surface area contributed by atoms with E-state index < -0.39 is 0 Å². The number of nitrogens with zero attached hydrogens (tertiary/aromatic N) is 3. The van der Waals surface area contributed by atoms with Crippen molar-refractivity contribution in [2.45, 2.75) is 6.92 Å². The minimum Gasteiger partial charge on any atom is -0.507 e. The van der Waals surface area contributed by atoms with E-state index in [0.717, 1.165) is 5.69 Å². The number of hydrogen-bond donors (Lipinski definition) is 2. The van der Waals surface area contributed by atoms with Gasteiger partial charge in [-0.05, 0) is 25.1 Å². The van der Waals surface area contributed by atoms with Crippen LogP contribution in [0.3, 0.4) is 0 Å². The molecule has 0 spiro atoms. The van der Waals surface area contributed by atoms with Gasteiger partial charge in [0, 0.05) is 30.4 Å². The van der Waals surface area contributed by atoms with Gasteiger partial charge in [-0.3, -0.25) is 0 Å². The molecule has 0 unspecified atom stereocenters. The first kappa shape index (κ1) is 14.6. The number of rotatable bonds is 5. The molecule has 1 aromatic rings. The van der Waals surface area contributed by atoms with Crippen molar-refractivity contribution in [3.8, 4) is 17.9 Å². The van der Waals surface area contributed by atoms with Crippen molar-refractivity contribution in [1.82, 2.24) is 0 Å². The molecule has 0 amide bonds. The molecular weight excluding hydrogens is 242 g/mol. The molecule has 5 nitrogen and oxygen atoms in total. The minimum absolute atomic E-state index is 0.00288. The Bertz CT molecular complexity index is 537. The van der Waals surface area contributed by atoms with Gasteiger partial charge in [-0.1, -0.05) is 0 Å². The average molecular weight is 257 g/mol. The first-order chi connectivity index (χ1) is 9.15. The molecule has 0 aliphatic heterocycles. The van der Waals surface area contributed by atoms with Gasteiger partial charge in [-0.15, -0.1) is 0 Å². The van der Waals surface area contributed by atoms with E-state index in [1.54, 1.807) is 30.3 Å². The first-order valence-corrected chi connectivity index (χ1v) is 5.87. The van der Waals surface area contributed by atoms with E-state index in [0.29, 0.717) is 18.7 Å². The molecule has 0 saturated carbocycles. The minimum atomic E-state index is -0.0641. The Hall–Kier alpha value is -2.50. The largest absolute Gasteiger partial charge is 0.507 e. The van der Waals surface area contributed by atoms with Crippen molar-refractivity contribution in [3.05, 3.63) is 29.3 Å². The van der Waals surface area contributed by atoms with Crippen molar-refractivity contribution in [2.24, 2.45) is 0 Å². The molecule has 2 N–H and O–H groups in total. The predicted molar refractivity (Wildman–Crippen MR) is 72.3 cm³/mol. The van der Waals surface area contributed by atoms with Gasteiger partial charge in [-0.2, -0.15) is 10.5 Å². The Balaban J connectivity index is 3.08. The predicted octanol–water partition coefficient (Wildman–Crippen LogP) is 1.64. The van der Waals surface area contributed by atoms with E-state index in [1.807, 2.05) is 11.8 Å². The molecular formula is C14H15N3O2. The van der Waals surface area contributed by atoms with Gasteiger partial charge < -0.3 is 15.1 Å². The van der Waals surface area contributed by atoms with Crippen molar-refractivity contribution in [3.63, 3.8) is 0 Å². The van der Waals surface area contributed by atoms with Crippen LogP contribution < -0.4 is 4.90 Å². The van der Waals surface area contributed by atoms with Crippen LogP contribution in [0.4, 0.5) is 5.69 Å². The van der Waals surface area contributed by atoms with Crippen LogP contribution in [-0.2, 0) is 0 Å². The summed E-state index contributed by atoms with van der Waals surface area (Å²) in [5.74, 6) is -0.00288. The van der Waals surface area contributed by atoms with Gasteiger partial charge in [0.2, 0.25) is 0 Å². The third kappa shape index (κ3) is 3.74. The second kappa shape index (κ2) is 7.05. The molecule has 1 aromatic carbocycles. The molecule has 0 aliphatic carbocycles. The van der Waals surface area contributed by atoms with E-state index in [1.165, 1.54) is 6.08 Å². The summed E-state index contributed by atoms with van der Waals surface area (Å²) in [6.45, 7) is 3.16. The topological polar surface area (TPSA) is 91.3 Å². The fourth-order valence-corrected chi connectivity index (χ4v) is 1.69. The fraction of sp³-hybridized carbons (Fsp3) is 0.286. The molecule has 0 saturated heterocycles. The zero-order chi connectivity index (χ0) is 14.3. The summed E-state index contributed by atoms with van der Waals surface area (Å²) in [5.41, 5.74) is 1.13. The molecule has 98 valence electrons. The number of aliphatic hydroxyl groups excluding tert-OH is 1. The molecule has 0 aromatic heterocycles. The number of nitriles is 2. The number of aliphatic hydroxyl groups is 1. The molecule has 19 heavy (non-hydrogen) atoms. The van der Waals surface area contributed by atoms with Crippen LogP contribution in [-0.4, -0.2) is 29.9 Å². The van der Waals surface area contributed by atoms with Gasteiger partial charge in [0.25, 0.3) is 0 Å². The van der Waals surface area contributed by atoms with Gasteiger partial charge in [0.15, 0.2) is 0 Å². The van der Waals surface area contributed by atoms with E-state index in [2.05, 4.69) is 0 Å². The smallest absolute Gasteiger partial charge is 0.130 e. The number of hydrogen-bond acceptors (Lipinski definition) is 5. The molecule has 5 heteroatoms. The summed E-state index contributed by atoms with van der Waals surface area (Å²) in [6.07, 6.45) is 1.33. The summed E-state index contributed by atoms with van der Waals surface area (Å²) >= 11 is 0. The molecule has 0 radical (unpaired) electrons. The SMILES string of the molecule is CCN(CCO)c1ccc(C=C(C#N)C#N)c(O)c1. The van der Waals surface area contributed by atoms with Gasteiger partial charge >= 0.3 is 0 Å². The lowest BCUT2D eigenvalue weighted by molar-refractivity contribution is 0.302. The number of phenolic OH excluding ortho intramolecular Hbond substituents is 1. The molecule has 0 fully saturated rings. The number of allylic oxidation sites excluding steroid dienone is 1. The van der Waals surface area contributed by atoms with Crippen LogP contribution in [0.25, 0.3) is 6.08 Å². The van der Waals surface area contributed by atoms with Crippen LogP contribution in [0.2, 0.25) is 0 Å². The maximum Gasteiger partial charge on any atom is 0.130 e. The number of anilines is 1. The maximum atomic E-state index is 9.89. The van der Waals surface area contributed by atoms with Crippen LogP contribution in [0.5, 0.6) is 5.75 Å². The molecule has 0 bridgehead atoms. The molecule has 1 rings (SSSR count). The highest BCUT2D eigenvalue weighted by molar-refractivity contribution is 5.68. The lowest BCUT2D eigenvalue weighted by atomic mass is 10.1. The summed E-state index contributed by atoms with van der Waals surface area (Å²) in [7, 11) is 0. The summed E-state index contributed by atoms with van der Waals surface area (Å²) < 4.78 is 0. The number of aromatic hydroxyl groups is 1. The van der Waals surface area contributed by atoms with Crippen LogP contribution in [0.15, 0.2) is 23.8 Å². The molecule has 0 atom stereocenters. The number of phenols is 1. The molecule has 0 aliphatic rings.